The van der Waals surface area contributed by atoms with Crippen LogP contribution < -0.4 is 5.32 Å². The smallest absolute Gasteiger partial charge is 0.122 e. The van der Waals surface area contributed by atoms with Crippen LogP contribution in [0, 0.1) is 5.41 Å². The standard InChI is InChI=1S/C14H14N2O.ClH/c15-14(16-11-13-7-4-10-17-13)9-8-12-5-2-1-3-6-12;/h1-10H,11H2,(H2,15,16);1H/b9-8+;. The van der Waals surface area contributed by atoms with E-state index < -0.39 is 0 Å². The minimum absolute atomic E-state index is 0. The van der Waals surface area contributed by atoms with E-state index in [2.05, 4.69) is 5.32 Å². The van der Waals surface area contributed by atoms with E-state index in [0.717, 1.165) is 11.3 Å². The molecule has 3 nitrogen and oxygen atoms in total. The predicted molar refractivity (Wildman–Crippen MR) is 76.0 cm³/mol. The number of amidine groups is 1. The highest BCUT2D eigenvalue weighted by Crippen LogP contribution is 2.01. The van der Waals surface area contributed by atoms with Gasteiger partial charge in [0.2, 0.25) is 0 Å². The molecule has 2 aromatic rings. The summed E-state index contributed by atoms with van der Waals surface area (Å²) in [5, 5.41) is 10.7. The van der Waals surface area contributed by atoms with Crippen molar-refractivity contribution in [1.29, 1.82) is 5.41 Å². The molecule has 1 aromatic carbocycles. The topological polar surface area (TPSA) is 49.0 Å². The summed E-state index contributed by atoms with van der Waals surface area (Å²) >= 11 is 0. The van der Waals surface area contributed by atoms with E-state index in [1.165, 1.54) is 0 Å². The van der Waals surface area contributed by atoms with Crippen molar-refractivity contribution in [2.75, 3.05) is 0 Å². The number of benzene rings is 1. The number of furan rings is 1. The first-order valence-corrected chi connectivity index (χ1v) is 5.42. The lowest BCUT2D eigenvalue weighted by Crippen LogP contribution is -2.19. The summed E-state index contributed by atoms with van der Waals surface area (Å²) in [6, 6.07) is 13.6. The van der Waals surface area contributed by atoms with Crippen molar-refractivity contribution in [3.63, 3.8) is 0 Å². The maximum Gasteiger partial charge on any atom is 0.122 e. The Hall–Kier alpha value is -2.00. The lowest BCUT2D eigenvalue weighted by atomic mass is 10.2. The Bertz CT molecular complexity index is 492. The molecule has 0 fully saturated rings. The second-order valence-electron chi connectivity index (χ2n) is 3.59. The lowest BCUT2D eigenvalue weighted by molar-refractivity contribution is 0.503. The van der Waals surface area contributed by atoms with Crippen LogP contribution in [0.1, 0.15) is 11.3 Å². The first-order chi connectivity index (χ1) is 8.34. The third-order valence-electron chi connectivity index (χ3n) is 2.28. The Kier molecular flexibility index (Phi) is 5.74. The van der Waals surface area contributed by atoms with E-state index in [-0.39, 0.29) is 12.4 Å². The Morgan fingerprint density at radius 3 is 2.61 bits per heavy atom. The molecule has 4 heteroatoms. The van der Waals surface area contributed by atoms with E-state index in [1.807, 2.05) is 48.5 Å². The van der Waals surface area contributed by atoms with Gasteiger partial charge in [-0.15, -0.1) is 12.4 Å². The molecule has 0 bridgehead atoms. The van der Waals surface area contributed by atoms with Crippen molar-refractivity contribution in [3.05, 3.63) is 66.1 Å². The summed E-state index contributed by atoms with van der Waals surface area (Å²) < 4.78 is 5.16. The normalized spacial score (nSPS) is 10.0. The van der Waals surface area contributed by atoms with Crippen LogP contribution in [0.3, 0.4) is 0 Å². The van der Waals surface area contributed by atoms with Gasteiger partial charge in [-0.3, -0.25) is 5.41 Å². The summed E-state index contributed by atoms with van der Waals surface area (Å²) in [4.78, 5) is 0. The highest BCUT2D eigenvalue weighted by atomic mass is 35.5. The van der Waals surface area contributed by atoms with Gasteiger partial charge in [0.15, 0.2) is 0 Å². The fraction of sp³-hybridized carbons (Fsp3) is 0.0714. The monoisotopic (exact) mass is 262 g/mol. The molecule has 2 rings (SSSR count). The van der Waals surface area contributed by atoms with Gasteiger partial charge in [0, 0.05) is 0 Å². The second-order valence-corrected chi connectivity index (χ2v) is 3.59. The number of hydrogen-bond acceptors (Lipinski definition) is 2. The first kappa shape index (κ1) is 14.1. The zero-order valence-corrected chi connectivity index (χ0v) is 10.6. The first-order valence-electron chi connectivity index (χ1n) is 5.42. The minimum atomic E-state index is 0. The molecule has 94 valence electrons. The minimum Gasteiger partial charge on any atom is -0.467 e. The van der Waals surface area contributed by atoms with Gasteiger partial charge in [-0.25, -0.2) is 0 Å². The van der Waals surface area contributed by atoms with E-state index in [0.29, 0.717) is 12.4 Å². The SMILES string of the molecule is Cl.N=C(/C=C/c1ccccc1)NCc1ccco1. The van der Waals surface area contributed by atoms with Gasteiger partial charge in [-0.05, 0) is 23.8 Å². The molecule has 0 atom stereocenters. The fourth-order valence-electron chi connectivity index (χ4n) is 1.40. The molecule has 1 aromatic heterocycles. The van der Waals surface area contributed by atoms with Crippen molar-refractivity contribution in [3.8, 4) is 0 Å². The van der Waals surface area contributed by atoms with Crippen molar-refractivity contribution in [1.82, 2.24) is 5.32 Å². The summed E-state index contributed by atoms with van der Waals surface area (Å²) in [5.74, 6) is 1.19. The molecule has 0 aliphatic rings. The Labute approximate surface area is 112 Å². The largest absolute Gasteiger partial charge is 0.467 e. The van der Waals surface area contributed by atoms with Crippen LogP contribution in [0.4, 0.5) is 0 Å². The molecule has 0 aliphatic heterocycles. The number of rotatable bonds is 4. The van der Waals surface area contributed by atoms with E-state index in [4.69, 9.17) is 9.83 Å². The van der Waals surface area contributed by atoms with Crippen molar-refractivity contribution in [2.24, 2.45) is 0 Å². The van der Waals surface area contributed by atoms with Gasteiger partial charge in [0.05, 0.1) is 12.8 Å². The van der Waals surface area contributed by atoms with Crippen LogP contribution in [-0.4, -0.2) is 5.84 Å². The second kappa shape index (κ2) is 7.35. The summed E-state index contributed by atoms with van der Waals surface area (Å²) in [5.41, 5.74) is 1.08. The Morgan fingerprint density at radius 2 is 1.94 bits per heavy atom. The third-order valence-corrected chi connectivity index (χ3v) is 2.28. The van der Waals surface area contributed by atoms with Gasteiger partial charge in [0.1, 0.15) is 11.6 Å². The maximum absolute atomic E-state index is 7.70. The highest BCUT2D eigenvalue weighted by molar-refractivity contribution is 5.93. The molecule has 0 aliphatic carbocycles. The summed E-state index contributed by atoms with van der Waals surface area (Å²) in [7, 11) is 0. The van der Waals surface area contributed by atoms with Crippen LogP contribution in [0.5, 0.6) is 0 Å². The van der Waals surface area contributed by atoms with Crippen molar-refractivity contribution in [2.45, 2.75) is 6.54 Å². The van der Waals surface area contributed by atoms with Crippen LogP contribution >= 0.6 is 12.4 Å². The van der Waals surface area contributed by atoms with Crippen LogP contribution in [-0.2, 0) is 6.54 Å². The Morgan fingerprint density at radius 1 is 1.17 bits per heavy atom. The predicted octanol–water partition coefficient (Wildman–Crippen LogP) is 3.48. The van der Waals surface area contributed by atoms with Gasteiger partial charge < -0.3 is 9.73 Å². The molecule has 0 unspecified atom stereocenters. The van der Waals surface area contributed by atoms with Gasteiger partial charge in [-0.2, -0.15) is 0 Å². The lowest BCUT2D eigenvalue weighted by Gasteiger charge is -2.01. The van der Waals surface area contributed by atoms with E-state index >= 15 is 0 Å². The quantitative estimate of drug-likeness (QED) is 0.655. The Balaban J connectivity index is 0.00000162. The molecule has 0 saturated heterocycles. The number of halogens is 1. The average Bonchev–Trinajstić information content (AvgIpc) is 2.88. The van der Waals surface area contributed by atoms with Crippen molar-refractivity contribution < 1.29 is 4.42 Å². The number of hydrogen-bond donors (Lipinski definition) is 2. The number of nitrogens with one attached hydrogen (secondary N) is 2. The molecule has 0 saturated carbocycles. The van der Waals surface area contributed by atoms with E-state index in [1.54, 1.807) is 12.3 Å². The molecular formula is C14H15ClN2O. The molecule has 1 heterocycles. The third kappa shape index (κ3) is 4.47. The molecular weight excluding hydrogens is 248 g/mol. The fourth-order valence-corrected chi connectivity index (χ4v) is 1.40. The van der Waals surface area contributed by atoms with Crippen LogP contribution in [0.15, 0.2) is 59.2 Å². The van der Waals surface area contributed by atoms with E-state index in [9.17, 15) is 0 Å². The van der Waals surface area contributed by atoms with Crippen LogP contribution in [0.2, 0.25) is 0 Å². The molecule has 0 radical (unpaired) electrons. The van der Waals surface area contributed by atoms with Gasteiger partial charge in [-0.1, -0.05) is 36.4 Å². The molecule has 18 heavy (non-hydrogen) atoms. The van der Waals surface area contributed by atoms with Gasteiger partial charge >= 0.3 is 0 Å². The average molecular weight is 263 g/mol. The zero-order chi connectivity index (χ0) is 11.9. The molecule has 2 N–H and O–H groups in total. The molecule has 0 amide bonds. The van der Waals surface area contributed by atoms with Gasteiger partial charge in [0.25, 0.3) is 0 Å². The molecule has 0 spiro atoms. The summed E-state index contributed by atoms with van der Waals surface area (Å²) in [6.45, 7) is 0.533. The zero-order valence-electron chi connectivity index (χ0n) is 9.80. The summed E-state index contributed by atoms with van der Waals surface area (Å²) in [6.07, 6.45) is 5.26. The maximum atomic E-state index is 7.70. The van der Waals surface area contributed by atoms with Crippen LogP contribution in [0.25, 0.3) is 6.08 Å². The van der Waals surface area contributed by atoms with Crippen molar-refractivity contribution >= 4 is 24.3 Å². The highest BCUT2D eigenvalue weighted by Gasteiger charge is 1.95.